The third-order valence-electron chi connectivity index (χ3n) is 3.93. The normalized spacial score (nSPS) is 10.6. The summed E-state index contributed by atoms with van der Waals surface area (Å²) >= 11 is 0. The van der Waals surface area contributed by atoms with E-state index in [0.29, 0.717) is 29.9 Å². The Labute approximate surface area is 164 Å². The van der Waals surface area contributed by atoms with Crippen LogP contribution in [0.25, 0.3) is 0 Å². The molecule has 0 aliphatic heterocycles. The number of carbonyl (C=O) groups excluding carboxylic acids is 3. The number of esters is 1. The molecule has 0 bridgehead atoms. The predicted molar refractivity (Wildman–Crippen MR) is 106 cm³/mol. The van der Waals surface area contributed by atoms with E-state index >= 15 is 0 Å². The number of primary amides is 1. The molecule has 1 heterocycles. The van der Waals surface area contributed by atoms with Gasteiger partial charge >= 0.3 is 5.97 Å². The first kappa shape index (κ1) is 21.1. The lowest BCUT2D eigenvalue weighted by molar-refractivity contribution is 0.0377. The summed E-state index contributed by atoms with van der Waals surface area (Å²) in [6.45, 7) is 7.58. The summed E-state index contributed by atoms with van der Waals surface area (Å²) in [5.74, 6) is -1.63. The van der Waals surface area contributed by atoms with Gasteiger partial charge in [-0.3, -0.25) is 9.59 Å². The van der Waals surface area contributed by atoms with Crippen molar-refractivity contribution in [1.29, 1.82) is 0 Å². The minimum absolute atomic E-state index is 0.0681. The van der Waals surface area contributed by atoms with Crippen molar-refractivity contribution in [3.8, 4) is 0 Å². The number of rotatable bonds is 7. The van der Waals surface area contributed by atoms with Crippen LogP contribution in [0.15, 0.2) is 36.4 Å². The van der Waals surface area contributed by atoms with Crippen LogP contribution in [0.4, 0.5) is 5.69 Å². The number of ether oxygens (including phenoxy) is 1. The zero-order valence-electron chi connectivity index (χ0n) is 16.6. The maximum Gasteiger partial charge on any atom is 0.338 e. The van der Waals surface area contributed by atoms with Crippen molar-refractivity contribution >= 4 is 23.5 Å². The van der Waals surface area contributed by atoms with Crippen LogP contribution < -0.4 is 10.6 Å². The second kappa shape index (κ2) is 9.12. The maximum atomic E-state index is 13.2. The molecule has 0 spiro atoms. The summed E-state index contributed by atoms with van der Waals surface area (Å²) in [5, 5.41) is 0. The summed E-state index contributed by atoms with van der Waals surface area (Å²) in [5.41, 5.74) is 6.93. The molecule has 7 heteroatoms. The molecule has 2 N–H and O–H groups in total. The van der Waals surface area contributed by atoms with Gasteiger partial charge in [-0.05, 0) is 57.5 Å². The summed E-state index contributed by atoms with van der Waals surface area (Å²) < 4.78 is 5.23. The van der Waals surface area contributed by atoms with Crippen molar-refractivity contribution in [2.24, 2.45) is 5.73 Å². The van der Waals surface area contributed by atoms with Gasteiger partial charge in [0.1, 0.15) is 5.69 Å². The molecule has 148 valence electrons. The zero-order valence-corrected chi connectivity index (χ0v) is 16.6. The third-order valence-corrected chi connectivity index (χ3v) is 3.93. The molecule has 2 rings (SSSR count). The SMILES string of the molecule is CCCN(C(=O)c1ccc(C)nc1C(N)=O)c1cccc(C(=O)OC(C)C)c1. The van der Waals surface area contributed by atoms with Gasteiger partial charge in [0.25, 0.3) is 11.8 Å². The average Bonchev–Trinajstić information content (AvgIpc) is 2.65. The molecule has 0 radical (unpaired) electrons. The van der Waals surface area contributed by atoms with Gasteiger partial charge in [0, 0.05) is 17.9 Å². The van der Waals surface area contributed by atoms with Crippen molar-refractivity contribution in [2.75, 3.05) is 11.4 Å². The highest BCUT2D eigenvalue weighted by atomic mass is 16.5. The van der Waals surface area contributed by atoms with E-state index in [0.717, 1.165) is 0 Å². The Morgan fingerprint density at radius 1 is 1.18 bits per heavy atom. The first-order valence-electron chi connectivity index (χ1n) is 9.15. The number of hydrogen-bond donors (Lipinski definition) is 1. The number of nitrogens with zero attached hydrogens (tertiary/aromatic N) is 2. The fraction of sp³-hybridized carbons (Fsp3) is 0.333. The Hall–Kier alpha value is -3.22. The number of aromatic nitrogens is 1. The van der Waals surface area contributed by atoms with Gasteiger partial charge in [-0.2, -0.15) is 0 Å². The number of anilines is 1. The predicted octanol–water partition coefficient (Wildman–Crippen LogP) is 3.11. The van der Waals surface area contributed by atoms with Gasteiger partial charge in [0.2, 0.25) is 0 Å². The molecule has 0 saturated carbocycles. The van der Waals surface area contributed by atoms with Gasteiger partial charge < -0.3 is 15.4 Å². The first-order valence-corrected chi connectivity index (χ1v) is 9.15. The van der Waals surface area contributed by atoms with Crippen molar-refractivity contribution in [3.63, 3.8) is 0 Å². The van der Waals surface area contributed by atoms with Crippen LogP contribution in [-0.2, 0) is 4.74 Å². The molecule has 0 aliphatic rings. The van der Waals surface area contributed by atoms with Gasteiger partial charge in [-0.1, -0.05) is 13.0 Å². The standard InChI is InChI=1S/C21H25N3O4/c1-5-11-24(16-8-6-7-15(12-16)21(27)28-13(2)3)20(26)17-10-9-14(4)23-18(17)19(22)25/h6-10,12-13H,5,11H2,1-4H3,(H2,22,25). The Morgan fingerprint density at radius 3 is 2.50 bits per heavy atom. The second-order valence-electron chi connectivity index (χ2n) is 6.67. The fourth-order valence-electron chi connectivity index (χ4n) is 2.72. The second-order valence-corrected chi connectivity index (χ2v) is 6.67. The van der Waals surface area contributed by atoms with E-state index in [-0.39, 0.29) is 17.4 Å². The number of carbonyl (C=O) groups is 3. The van der Waals surface area contributed by atoms with Crippen LogP contribution in [0.2, 0.25) is 0 Å². The first-order chi connectivity index (χ1) is 13.2. The van der Waals surface area contributed by atoms with Crippen LogP contribution in [0.1, 0.15) is 64.1 Å². The van der Waals surface area contributed by atoms with Gasteiger partial charge in [-0.25, -0.2) is 9.78 Å². The molecule has 0 saturated heterocycles. The number of pyridine rings is 1. The Kier molecular flexibility index (Phi) is 6.87. The Balaban J connectivity index is 2.45. The maximum absolute atomic E-state index is 13.2. The highest BCUT2D eigenvalue weighted by Crippen LogP contribution is 2.21. The third kappa shape index (κ3) is 4.94. The van der Waals surface area contributed by atoms with Crippen molar-refractivity contribution in [1.82, 2.24) is 4.98 Å². The van der Waals surface area contributed by atoms with E-state index in [9.17, 15) is 14.4 Å². The Morgan fingerprint density at radius 2 is 1.89 bits per heavy atom. The van der Waals surface area contributed by atoms with Crippen LogP contribution in [0.5, 0.6) is 0 Å². The zero-order chi connectivity index (χ0) is 20.8. The lowest BCUT2D eigenvalue weighted by Crippen LogP contribution is -2.34. The molecular formula is C21H25N3O4. The smallest absolute Gasteiger partial charge is 0.338 e. The molecule has 0 atom stereocenters. The molecule has 0 fully saturated rings. The lowest BCUT2D eigenvalue weighted by Gasteiger charge is -2.23. The summed E-state index contributed by atoms with van der Waals surface area (Å²) in [4.78, 5) is 42.8. The molecule has 28 heavy (non-hydrogen) atoms. The highest BCUT2D eigenvalue weighted by molar-refractivity contribution is 6.12. The average molecular weight is 383 g/mol. The molecule has 0 aliphatic carbocycles. The number of amides is 2. The summed E-state index contributed by atoms with van der Waals surface area (Å²) in [6, 6.07) is 9.84. The molecule has 2 amide bonds. The molecule has 1 aromatic heterocycles. The number of benzene rings is 1. The van der Waals surface area contributed by atoms with E-state index in [1.54, 1.807) is 57.2 Å². The fourth-order valence-corrected chi connectivity index (χ4v) is 2.72. The van der Waals surface area contributed by atoms with Crippen molar-refractivity contribution in [3.05, 3.63) is 58.9 Å². The minimum Gasteiger partial charge on any atom is -0.459 e. The molecule has 7 nitrogen and oxygen atoms in total. The number of hydrogen-bond acceptors (Lipinski definition) is 5. The van der Waals surface area contributed by atoms with E-state index < -0.39 is 17.8 Å². The monoisotopic (exact) mass is 383 g/mol. The Bertz CT molecular complexity index is 893. The van der Waals surface area contributed by atoms with E-state index in [4.69, 9.17) is 10.5 Å². The van der Waals surface area contributed by atoms with Crippen molar-refractivity contribution < 1.29 is 19.1 Å². The van der Waals surface area contributed by atoms with Crippen LogP contribution in [0.3, 0.4) is 0 Å². The largest absolute Gasteiger partial charge is 0.459 e. The summed E-state index contributed by atoms with van der Waals surface area (Å²) in [7, 11) is 0. The van der Waals surface area contributed by atoms with Crippen LogP contribution >= 0.6 is 0 Å². The summed E-state index contributed by atoms with van der Waals surface area (Å²) in [6.07, 6.45) is 0.429. The van der Waals surface area contributed by atoms with Crippen LogP contribution in [0, 0.1) is 6.92 Å². The minimum atomic E-state index is -0.766. The molecular weight excluding hydrogens is 358 g/mol. The van der Waals surface area contributed by atoms with Crippen LogP contribution in [-0.4, -0.2) is 35.4 Å². The number of nitrogens with two attached hydrogens (primary N) is 1. The lowest BCUT2D eigenvalue weighted by atomic mass is 10.1. The molecule has 1 aromatic carbocycles. The molecule has 2 aromatic rings. The number of aryl methyl sites for hydroxylation is 1. The van der Waals surface area contributed by atoms with Gasteiger partial charge in [0.05, 0.1) is 17.2 Å². The molecule has 0 unspecified atom stereocenters. The van der Waals surface area contributed by atoms with E-state index in [2.05, 4.69) is 4.98 Å². The van der Waals surface area contributed by atoms with Crippen molar-refractivity contribution in [2.45, 2.75) is 40.2 Å². The van der Waals surface area contributed by atoms with Gasteiger partial charge in [0.15, 0.2) is 0 Å². The van der Waals surface area contributed by atoms with E-state index in [1.165, 1.54) is 4.90 Å². The van der Waals surface area contributed by atoms with Gasteiger partial charge in [-0.15, -0.1) is 0 Å². The highest BCUT2D eigenvalue weighted by Gasteiger charge is 2.24. The quantitative estimate of drug-likeness (QED) is 0.740. The van der Waals surface area contributed by atoms with E-state index in [1.807, 2.05) is 6.92 Å². The topological polar surface area (TPSA) is 103 Å².